The van der Waals surface area contributed by atoms with E-state index in [0.29, 0.717) is 6.04 Å². The Morgan fingerprint density at radius 1 is 1.13 bits per heavy atom. The average molecular weight is 196 g/mol. The van der Waals surface area contributed by atoms with Gasteiger partial charge in [-0.2, -0.15) is 0 Å². The summed E-state index contributed by atoms with van der Waals surface area (Å²) in [5.74, 6) is 0. The standard InChI is InChI=1S/C13H12N2/c1-9-10-6-4-8-14-13(10)11-5-2-3-7-12(11)15-9/h2-9,15H,1H3. The van der Waals surface area contributed by atoms with Gasteiger partial charge in [-0.25, -0.2) is 0 Å². The Balaban J connectivity index is 2.30. The molecular weight excluding hydrogens is 184 g/mol. The number of anilines is 1. The summed E-state index contributed by atoms with van der Waals surface area (Å²) < 4.78 is 0. The normalized spacial score (nSPS) is 17.5. The Morgan fingerprint density at radius 2 is 2.00 bits per heavy atom. The van der Waals surface area contributed by atoms with Gasteiger partial charge in [0.1, 0.15) is 0 Å². The molecule has 15 heavy (non-hydrogen) atoms. The van der Waals surface area contributed by atoms with Crippen LogP contribution in [0.5, 0.6) is 0 Å². The summed E-state index contributed by atoms with van der Waals surface area (Å²) in [5, 5.41) is 3.48. The van der Waals surface area contributed by atoms with Crippen molar-refractivity contribution < 1.29 is 0 Å². The molecule has 2 nitrogen and oxygen atoms in total. The molecule has 0 radical (unpaired) electrons. The van der Waals surface area contributed by atoms with Crippen LogP contribution in [0, 0.1) is 0 Å². The smallest absolute Gasteiger partial charge is 0.0775 e. The third-order valence-corrected chi connectivity index (χ3v) is 2.86. The number of para-hydroxylation sites is 1. The molecule has 1 N–H and O–H groups in total. The third-order valence-electron chi connectivity index (χ3n) is 2.86. The lowest BCUT2D eigenvalue weighted by molar-refractivity contribution is 0.866. The molecule has 1 aliphatic rings. The van der Waals surface area contributed by atoms with E-state index in [1.807, 2.05) is 18.3 Å². The minimum absolute atomic E-state index is 0.337. The van der Waals surface area contributed by atoms with E-state index in [2.05, 4.69) is 41.5 Å². The second-order valence-electron chi connectivity index (χ2n) is 3.85. The molecule has 0 aliphatic carbocycles. The minimum atomic E-state index is 0.337. The average Bonchev–Trinajstić information content (AvgIpc) is 2.30. The van der Waals surface area contributed by atoms with Gasteiger partial charge < -0.3 is 5.32 Å². The maximum Gasteiger partial charge on any atom is 0.0775 e. The molecule has 1 aliphatic heterocycles. The highest BCUT2D eigenvalue weighted by atomic mass is 14.9. The van der Waals surface area contributed by atoms with Gasteiger partial charge in [-0.1, -0.05) is 24.3 Å². The topological polar surface area (TPSA) is 24.9 Å². The lowest BCUT2D eigenvalue weighted by Gasteiger charge is -2.26. The summed E-state index contributed by atoms with van der Waals surface area (Å²) in [6, 6.07) is 12.8. The molecule has 0 fully saturated rings. The summed E-state index contributed by atoms with van der Waals surface area (Å²) in [6.07, 6.45) is 1.85. The molecule has 1 unspecified atom stereocenters. The van der Waals surface area contributed by atoms with Gasteiger partial charge in [0, 0.05) is 23.0 Å². The van der Waals surface area contributed by atoms with Crippen molar-refractivity contribution in [3.8, 4) is 11.3 Å². The van der Waals surface area contributed by atoms with E-state index in [9.17, 15) is 0 Å². The largest absolute Gasteiger partial charge is 0.378 e. The highest BCUT2D eigenvalue weighted by Gasteiger charge is 2.20. The lowest BCUT2D eigenvalue weighted by atomic mass is 9.95. The van der Waals surface area contributed by atoms with E-state index in [-0.39, 0.29) is 0 Å². The molecule has 0 spiro atoms. The molecule has 2 heteroatoms. The molecule has 0 bridgehead atoms. The Morgan fingerprint density at radius 3 is 2.93 bits per heavy atom. The van der Waals surface area contributed by atoms with Gasteiger partial charge in [0.15, 0.2) is 0 Å². The zero-order valence-corrected chi connectivity index (χ0v) is 8.57. The zero-order valence-electron chi connectivity index (χ0n) is 8.57. The first-order valence-electron chi connectivity index (χ1n) is 5.17. The monoisotopic (exact) mass is 196 g/mol. The summed E-state index contributed by atoms with van der Waals surface area (Å²) in [5.41, 5.74) is 4.76. The van der Waals surface area contributed by atoms with E-state index < -0.39 is 0 Å². The van der Waals surface area contributed by atoms with Crippen molar-refractivity contribution in [1.82, 2.24) is 4.98 Å². The zero-order chi connectivity index (χ0) is 10.3. The number of rotatable bonds is 0. The summed E-state index contributed by atoms with van der Waals surface area (Å²) in [7, 11) is 0. The number of aromatic nitrogens is 1. The predicted octanol–water partition coefficient (Wildman–Crippen LogP) is 3.24. The van der Waals surface area contributed by atoms with E-state index in [0.717, 1.165) is 5.69 Å². The van der Waals surface area contributed by atoms with Gasteiger partial charge in [0.05, 0.1) is 11.7 Å². The van der Waals surface area contributed by atoms with Gasteiger partial charge in [-0.05, 0) is 19.1 Å². The van der Waals surface area contributed by atoms with Gasteiger partial charge in [0.25, 0.3) is 0 Å². The van der Waals surface area contributed by atoms with Gasteiger partial charge >= 0.3 is 0 Å². The first kappa shape index (κ1) is 8.48. The maximum absolute atomic E-state index is 4.47. The Bertz CT molecular complexity index is 505. The van der Waals surface area contributed by atoms with Crippen LogP contribution in [-0.4, -0.2) is 4.98 Å². The number of hydrogen-bond acceptors (Lipinski definition) is 2. The molecule has 1 atom stereocenters. The molecular formula is C13H12N2. The van der Waals surface area contributed by atoms with Crippen molar-refractivity contribution in [2.45, 2.75) is 13.0 Å². The summed E-state index contributed by atoms with van der Waals surface area (Å²) >= 11 is 0. The molecule has 1 aromatic heterocycles. The highest BCUT2D eigenvalue weighted by molar-refractivity contribution is 5.81. The minimum Gasteiger partial charge on any atom is -0.378 e. The van der Waals surface area contributed by atoms with Crippen molar-refractivity contribution in [2.24, 2.45) is 0 Å². The molecule has 2 aromatic rings. The number of nitrogens with one attached hydrogen (secondary N) is 1. The van der Waals surface area contributed by atoms with Crippen molar-refractivity contribution in [3.63, 3.8) is 0 Å². The molecule has 74 valence electrons. The van der Waals surface area contributed by atoms with Crippen LogP contribution >= 0.6 is 0 Å². The number of fused-ring (bicyclic) bond motifs is 3. The van der Waals surface area contributed by atoms with Gasteiger partial charge in [0.2, 0.25) is 0 Å². The molecule has 1 aromatic carbocycles. The van der Waals surface area contributed by atoms with Crippen molar-refractivity contribution in [1.29, 1.82) is 0 Å². The fourth-order valence-corrected chi connectivity index (χ4v) is 2.12. The van der Waals surface area contributed by atoms with Crippen molar-refractivity contribution >= 4 is 5.69 Å². The van der Waals surface area contributed by atoms with E-state index in [1.54, 1.807) is 0 Å². The molecule has 0 amide bonds. The van der Waals surface area contributed by atoms with Gasteiger partial charge in [-0.3, -0.25) is 4.98 Å². The van der Waals surface area contributed by atoms with Crippen LogP contribution in [0.1, 0.15) is 18.5 Å². The predicted molar refractivity (Wildman–Crippen MR) is 61.7 cm³/mol. The SMILES string of the molecule is CC1Nc2ccccc2-c2ncccc21. The van der Waals surface area contributed by atoms with Crippen molar-refractivity contribution in [3.05, 3.63) is 48.2 Å². The Kier molecular flexibility index (Phi) is 1.75. The number of nitrogens with zero attached hydrogens (tertiary/aromatic N) is 1. The fourth-order valence-electron chi connectivity index (χ4n) is 2.12. The second kappa shape index (κ2) is 3.09. The van der Waals surface area contributed by atoms with E-state index in [1.165, 1.54) is 16.8 Å². The van der Waals surface area contributed by atoms with Crippen LogP contribution in [0.2, 0.25) is 0 Å². The van der Waals surface area contributed by atoms with E-state index >= 15 is 0 Å². The summed E-state index contributed by atoms with van der Waals surface area (Å²) in [6.45, 7) is 2.16. The fraction of sp³-hybridized carbons (Fsp3) is 0.154. The summed E-state index contributed by atoms with van der Waals surface area (Å²) in [4.78, 5) is 4.47. The highest BCUT2D eigenvalue weighted by Crippen LogP contribution is 2.38. The van der Waals surface area contributed by atoms with Crippen LogP contribution in [0.4, 0.5) is 5.69 Å². The maximum atomic E-state index is 4.47. The van der Waals surface area contributed by atoms with Crippen LogP contribution in [0.15, 0.2) is 42.6 Å². The van der Waals surface area contributed by atoms with Crippen LogP contribution < -0.4 is 5.32 Å². The van der Waals surface area contributed by atoms with Crippen LogP contribution in [0.3, 0.4) is 0 Å². The van der Waals surface area contributed by atoms with Crippen LogP contribution in [0.25, 0.3) is 11.3 Å². The Labute approximate surface area is 89.0 Å². The molecule has 0 saturated carbocycles. The molecule has 3 rings (SSSR count). The van der Waals surface area contributed by atoms with Gasteiger partial charge in [-0.15, -0.1) is 0 Å². The number of pyridine rings is 1. The first-order chi connectivity index (χ1) is 7.36. The van der Waals surface area contributed by atoms with Crippen LogP contribution in [-0.2, 0) is 0 Å². The number of hydrogen-bond donors (Lipinski definition) is 1. The number of benzene rings is 1. The Hall–Kier alpha value is -1.83. The quantitative estimate of drug-likeness (QED) is 0.699. The lowest BCUT2D eigenvalue weighted by Crippen LogP contribution is -2.14. The second-order valence-corrected chi connectivity index (χ2v) is 3.85. The third kappa shape index (κ3) is 1.22. The van der Waals surface area contributed by atoms with E-state index in [4.69, 9.17) is 0 Å². The first-order valence-corrected chi connectivity index (χ1v) is 5.17. The van der Waals surface area contributed by atoms with Crippen molar-refractivity contribution in [2.75, 3.05) is 5.32 Å². The molecule has 2 heterocycles. The molecule has 0 saturated heterocycles.